The minimum absolute atomic E-state index is 0.968. The lowest BCUT2D eigenvalue weighted by Crippen LogP contribution is -1.95. The van der Waals surface area contributed by atoms with Crippen molar-refractivity contribution in [3.63, 3.8) is 0 Å². The summed E-state index contributed by atoms with van der Waals surface area (Å²) in [7, 11) is 0. The molecule has 0 aliphatic rings. The third kappa shape index (κ3) is 3.12. The number of aromatic nitrogens is 1. The molecular weight excluding hydrogens is 286 g/mol. The number of thiol groups is 1. The number of rotatable bonds is 3. The second-order valence-corrected chi connectivity index (χ2v) is 5.64. The van der Waals surface area contributed by atoms with E-state index in [4.69, 9.17) is 0 Å². The van der Waals surface area contributed by atoms with Crippen LogP contribution >= 0.6 is 12.6 Å². The molecule has 3 rings (SSSR count). The molecular formula is C20H17NS. The first-order valence-corrected chi connectivity index (χ1v) is 7.67. The van der Waals surface area contributed by atoms with Crippen LogP contribution in [0, 0.1) is 0 Å². The zero-order valence-electron chi connectivity index (χ0n) is 12.4. The highest BCUT2D eigenvalue weighted by Crippen LogP contribution is 2.31. The summed E-state index contributed by atoms with van der Waals surface area (Å²) in [6.45, 7) is 2.14. The lowest BCUT2D eigenvalue weighted by Gasteiger charge is -2.13. The Morgan fingerprint density at radius 1 is 0.773 bits per heavy atom. The van der Waals surface area contributed by atoms with Crippen LogP contribution in [-0.2, 0) is 0 Å². The minimum Gasteiger partial charge on any atom is -0.256 e. The Kier molecular flexibility index (Phi) is 4.40. The lowest BCUT2D eigenvalue weighted by molar-refractivity contribution is 1.27. The highest BCUT2D eigenvalue weighted by molar-refractivity contribution is 7.80. The van der Waals surface area contributed by atoms with Crippen LogP contribution in [0.3, 0.4) is 0 Å². The molecule has 0 saturated heterocycles. The topological polar surface area (TPSA) is 12.9 Å². The number of hydrogen-bond acceptors (Lipinski definition) is 2. The molecule has 22 heavy (non-hydrogen) atoms. The fourth-order valence-corrected chi connectivity index (χ4v) is 2.68. The zero-order chi connectivity index (χ0) is 15.4. The SMILES string of the molecule is C/C(=C(\c1ccccc1)c1ccccn1)c1ccc(S)cc1. The van der Waals surface area contributed by atoms with E-state index in [1.165, 1.54) is 16.7 Å². The molecule has 108 valence electrons. The Balaban J connectivity index is 2.21. The van der Waals surface area contributed by atoms with Gasteiger partial charge in [0.05, 0.1) is 5.69 Å². The van der Waals surface area contributed by atoms with Gasteiger partial charge in [-0.15, -0.1) is 12.6 Å². The maximum Gasteiger partial charge on any atom is 0.0710 e. The lowest BCUT2D eigenvalue weighted by atomic mass is 9.93. The van der Waals surface area contributed by atoms with Crippen molar-refractivity contribution in [3.05, 3.63) is 95.8 Å². The zero-order valence-corrected chi connectivity index (χ0v) is 13.3. The molecule has 0 aliphatic heterocycles. The van der Waals surface area contributed by atoms with Gasteiger partial charge in [-0.2, -0.15) is 0 Å². The Bertz CT molecular complexity index is 733. The fourth-order valence-electron chi connectivity index (χ4n) is 2.53. The maximum atomic E-state index is 4.55. The molecule has 3 aromatic rings. The van der Waals surface area contributed by atoms with Gasteiger partial charge in [-0.1, -0.05) is 48.5 Å². The van der Waals surface area contributed by atoms with E-state index in [2.05, 4.69) is 67.0 Å². The quantitative estimate of drug-likeness (QED) is 0.508. The molecule has 0 fully saturated rings. The molecule has 1 aromatic heterocycles. The Morgan fingerprint density at radius 3 is 2.09 bits per heavy atom. The summed E-state index contributed by atoms with van der Waals surface area (Å²) in [5, 5.41) is 0. The van der Waals surface area contributed by atoms with Gasteiger partial charge in [0.2, 0.25) is 0 Å². The van der Waals surface area contributed by atoms with Gasteiger partial charge in [0.25, 0.3) is 0 Å². The predicted molar refractivity (Wildman–Crippen MR) is 96.0 cm³/mol. The standard InChI is InChI=1S/C20H17NS/c1-15(16-10-12-18(22)13-11-16)20(17-7-3-2-4-8-17)19-9-5-6-14-21-19/h2-14,22H,1H3/b20-15-. The van der Waals surface area contributed by atoms with Crippen molar-refractivity contribution in [2.75, 3.05) is 0 Å². The molecule has 0 spiro atoms. The summed E-state index contributed by atoms with van der Waals surface area (Å²) >= 11 is 4.36. The summed E-state index contributed by atoms with van der Waals surface area (Å²) in [6.07, 6.45) is 1.84. The van der Waals surface area contributed by atoms with Crippen molar-refractivity contribution in [3.8, 4) is 0 Å². The van der Waals surface area contributed by atoms with E-state index >= 15 is 0 Å². The van der Waals surface area contributed by atoms with Crippen LogP contribution < -0.4 is 0 Å². The summed E-state index contributed by atoms with van der Waals surface area (Å²) in [4.78, 5) is 5.51. The highest BCUT2D eigenvalue weighted by atomic mass is 32.1. The van der Waals surface area contributed by atoms with Crippen LogP contribution in [0.4, 0.5) is 0 Å². The Hall–Kier alpha value is -2.32. The molecule has 0 saturated carbocycles. The van der Waals surface area contributed by atoms with Crippen molar-refractivity contribution in [1.82, 2.24) is 4.98 Å². The summed E-state index contributed by atoms with van der Waals surface area (Å²) in [5.41, 5.74) is 5.71. The first-order valence-electron chi connectivity index (χ1n) is 7.23. The molecule has 0 unspecified atom stereocenters. The van der Waals surface area contributed by atoms with Crippen LogP contribution in [0.2, 0.25) is 0 Å². The monoisotopic (exact) mass is 303 g/mol. The normalized spacial score (nSPS) is 11.9. The number of benzene rings is 2. The minimum atomic E-state index is 0.968. The van der Waals surface area contributed by atoms with Crippen molar-refractivity contribution in [2.24, 2.45) is 0 Å². The molecule has 0 radical (unpaired) electrons. The van der Waals surface area contributed by atoms with Gasteiger partial charge < -0.3 is 0 Å². The van der Waals surface area contributed by atoms with Crippen LogP contribution in [0.15, 0.2) is 83.9 Å². The fraction of sp³-hybridized carbons (Fsp3) is 0.0500. The van der Waals surface area contributed by atoms with Gasteiger partial charge in [0, 0.05) is 16.7 Å². The van der Waals surface area contributed by atoms with E-state index < -0.39 is 0 Å². The van der Waals surface area contributed by atoms with Gasteiger partial charge in [0.1, 0.15) is 0 Å². The van der Waals surface area contributed by atoms with Crippen molar-refractivity contribution >= 4 is 23.8 Å². The van der Waals surface area contributed by atoms with Crippen molar-refractivity contribution in [2.45, 2.75) is 11.8 Å². The number of hydrogen-bond donors (Lipinski definition) is 1. The van der Waals surface area contributed by atoms with Gasteiger partial charge >= 0.3 is 0 Å². The highest BCUT2D eigenvalue weighted by Gasteiger charge is 2.11. The predicted octanol–water partition coefficient (Wildman–Crippen LogP) is 5.35. The van der Waals surface area contributed by atoms with Gasteiger partial charge in [-0.3, -0.25) is 4.98 Å². The van der Waals surface area contributed by atoms with E-state index in [9.17, 15) is 0 Å². The summed E-state index contributed by atoms with van der Waals surface area (Å²) in [6, 6.07) is 24.7. The van der Waals surface area contributed by atoms with Crippen LogP contribution in [0.25, 0.3) is 11.1 Å². The number of pyridine rings is 1. The molecule has 0 atom stereocenters. The number of nitrogens with zero attached hydrogens (tertiary/aromatic N) is 1. The summed E-state index contributed by atoms with van der Waals surface area (Å²) < 4.78 is 0. The van der Waals surface area contributed by atoms with Crippen molar-refractivity contribution in [1.29, 1.82) is 0 Å². The third-order valence-electron chi connectivity index (χ3n) is 3.66. The van der Waals surface area contributed by atoms with Crippen LogP contribution in [0.5, 0.6) is 0 Å². The van der Waals surface area contributed by atoms with Crippen LogP contribution in [0.1, 0.15) is 23.7 Å². The van der Waals surface area contributed by atoms with E-state index in [0.29, 0.717) is 0 Å². The van der Waals surface area contributed by atoms with E-state index in [1.807, 2.05) is 36.5 Å². The van der Waals surface area contributed by atoms with Gasteiger partial charge in [-0.05, 0) is 47.9 Å². The van der Waals surface area contributed by atoms with E-state index in [-0.39, 0.29) is 0 Å². The van der Waals surface area contributed by atoms with Gasteiger partial charge in [0.15, 0.2) is 0 Å². The number of allylic oxidation sites excluding steroid dienone is 1. The molecule has 0 N–H and O–H groups in total. The van der Waals surface area contributed by atoms with Crippen molar-refractivity contribution < 1.29 is 0 Å². The third-order valence-corrected chi connectivity index (χ3v) is 3.96. The molecule has 0 amide bonds. The second kappa shape index (κ2) is 6.63. The molecule has 1 heterocycles. The molecule has 0 aliphatic carbocycles. The first-order chi connectivity index (χ1) is 10.8. The van der Waals surface area contributed by atoms with E-state index in [0.717, 1.165) is 16.2 Å². The molecule has 1 nitrogen and oxygen atoms in total. The largest absolute Gasteiger partial charge is 0.256 e. The second-order valence-electron chi connectivity index (χ2n) is 5.13. The van der Waals surface area contributed by atoms with Crippen LogP contribution in [-0.4, -0.2) is 4.98 Å². The Labute approximate surface area is 136 Å². The molecule has 2 heteroatoms. The maximum absolute atomic E-state index is 4.55. The van der Waals surface area contributed by atoms with E-state index in [1.54, 1.807) is 0 Å². The average molecular weight is 303 g/mol. The first kappa shape index (κ1) is 14.6. The van der Waals surface area contributed by atoms with Gasteiger partial charge in [-0.25, -0.2) is 0 Å². The molecule has 0 bridgehead atoms. The Morgan fingerprint density at radius 2 is 1.45 bits per heavy atom. The summed E-state index contributed by atoms with van der Waals surface area (Å²) in [5.74, 6) is 0. The average Bonchev–Trinajstić information content (AvgIpc) is 2.57. The molecule has 2 aromatic carbocycles. The smallest absolute Gasteiger partial charge is 0.0710 e.